The molecule has 1 fully saturated rings. The smallest absolute Gasteiger partial charge is 0.00914 e. The number of rotatable bonds is 1. The van der Waals surface area contributed by atoms with Gasteiger partial charge in [0.25, 0.3) is 0 Å². The van der Waals surface area contributed by atoms with Gasteiger partial charge in [0.05, 0.1) is 0 Å². The van der Waals surface area contributed by atoms with Crippen molar-refractivity contribution in [1.82, 2.24) is 0 Å². The van der Waals surface area contributed by atoms with Crippen molar-refractivity contribution in [3.05, 3.63) is 0 Å². The van der Waals surface area contributed by atoms with Crippen LogP contribution in [0.3, 0.4) is 0 Å². The normalized spacial score (nSPS) is 36.5. The molecule has 0 N–H and O–H groups in total. The summed E-state index contributed by atoms with van der Waals surface area (Å²) in [5.41, 5.74) is 0. The Balaban J connectivity index is 1.96. The Hall–Kier alpha value is -0.440. The first-order valence-corrected chi connectivity index (χ1v) is 6.86. The van der Waals surface area contributed by atoms with Crippen LogP contribution in [0.15, 0.2) is 0 Å². The minimum Gasteiger partial charge on any atom is -0.103 e. The molecule has 0 heterocycles. The van der Waals surface area contributed by atoms with E-state index in [4.69, 9.17) is 0 Å². The zero-order chi connectivity index (χ0) is 10.5. The van der Waals surface area contributed by atoms with Crippen LogP contribution in [0.5, 0.6) is 0 Å². The van der Waals surface area contributed by atoms with Gasteiger partial charge in [0, 0.05) is 12.8 Å². The fourth-order valence-corrected chi connectivity index (χ4v) is 3.38. The molecule has 0 nitrogen and oxygen atoms in total. The van der Waals surface area contributed by atoms with Crippen molar-refractivity contribution in [2.24, 2.45) is 17.8 Å². The van der Waals surface area contributed by atoms with Crippen LogP contribution in [0.4, 0.5) is 0 Å². The SMILES string of the molecule is CCC1CCC2CCC#CCCC2CC1. The lowest BCUT2D eigenvalue weighted by Gasteiger charge is -2.24. The van der Waals surface area contributed by atoms with Crippen molar-refractivity contribution >= 4 is 0 Å². The molecule has 0 aromatic carbocycles. The maximum Gasteiger partial charge on any atom is 0.00914 e. The third-order valence-corrected chi connectivity index (χ3v) is 4.54. The van der Waals surface area contributed by atoms with Gasteiger partial charge < -0.3 is 0 Å². The first-order valence-electron chi connectivity index (χ1n) is 6.86. The van der Waals surface area contributed by atoms with Gasteiger partial charge >= 0.3 is 0 Å². The molecule has 0 bridgehead atoms. The summed E-state index contributed by atoms with van der Waals surface area (Å²) in [6.45, 7) is 2.36. The second kappa shape index (κ2) is 5.59. The number of hydrogen-bond acceptors (Lipinski definition) is 0. The van der Waals surface area contributed by atoms with E-state index in [1.165, 1.54) is 44.9 Å². The molecule has 0 aromatic rings. The zero-order valence-corrected chi connectivity index (χ0v) is 10.1. The largest absolute Gasteiger partial charge is 0.103 e. The zero-order valence-electron chi connectivity index (χ0n) is 10.1. The molecule has 2 aliphatic carbocycles. The van der Waals surface area contributed by atoms with Crippen LogP contribution in [0.1, 0.15) is 64.7 Å². The highest BCUT2D eigenvalue weighted by Gasteiger charge is 2.26. The van der Waals surface area contributed by atoms with E-state index in [0.717, 1.165) is 30.6 Å². The van der Waals surface area contributed by atoms with Crippen LogP contribution in [0.25, 0.3) is 0 Å². The topological polar surface area (TPSA) is 0 Å². The molecule has 0 spiro atoms. The lowest BCUT2D eigenvalue weighted by molar-refractivity contribution is 0.281. The average molecular weight is 204 g/mol. The van der Waals surface area contributed by atoms with Crippen molar-refractivity contribution in [2.45, 2.75) is 64.7 Å². The van der Waals surface area contributed by atoms with E-state index in [-0.39, 0.29) is 0 Å². The molecule has 0 amide bonds. The van der Waals surface area contributed by atoms with Crippen molar-refractivity contribution in [2.75, 3.05) is 0 Å². The second-order valence-corrected chi connectivity index (χ2v) is 5.38. The van der Waals surface area contributed by atoms with Gasteiger partial charge in [-0.3, -0.25) is 0 Å². The Labute approximate surface area is 94.8 Å². The molecule has 0 heteroatoms. The van der Waals surface area contributed by atoms with Crippen LogP contribution < -0.4 is 0 Å². The molecule has 84 valence electrons. The fourth-order valence-electron chi connectivity index (χ4n) is 3.38. The van der Waals surface area contributed by atoms with Gasteiger partial charge in [0.15, 0.2) is 0 Å². The molecule has 1 saturated carbocycles. The fraction of sp³-hybridized carbons (Fsp3) is 0.867. The van der Waals surface area contributed by atoms with Crippen LogP contribution >= 0.6 is 0 Å². The average Bonchev–Trinajstić information content (AvgIpc) is 2.40. The third-order valence-electron chi connectivity index (χ3n) is 4.54. The highest BCUT2D eigenvalue weighted by atomic mass is 14.3. The minimum absolute atomic E-state index is 1.01. The van der Waals surface area contributed by atoms with E-state index in [2.05, 4.69) is 18.8 Å². The van der Waals surface area contributed by atoms with Crippen molar-refractivity contribution in [1.29, 1.82) is 0 Å². The van der Waals surface area contributed by atoms with E-state index < -0.39 is 0 Å². The molecule has 0 aliphatic heterocycles. The standard InChI is InChI=1S/C15H24/c1-2-13-9-11-14-7-5-3-4-6-8-15(14)12-10-13/h13-15H,2,5-12H2,1H3. The molecule has 2 rings (SSSR count). The summed E-state index contributed by atoms with van der Waals surface area (Å²) in [7, 11) is 0. The van der Waals surface area contributed by atoms with Crippen LogP contribution in [-0.4, -0.2) is 0 Å². The molecule has 2 unspecified atom stereocenters. The van der Waals surface area contributed by atoms with Gasteiger partial charge in [-0.25, -0.2) is 0 Å². The number of fused-ring (bicyclic) bond motifs is 1. The van der Waals surface area contributed by atoms with Crippen LogP contribution in [0.2, 0.25) is 0 Å². The molecule has 15 heavy (non-hydrogen) atoms. The Morgan fingerprint density at radius 1 is 0.800 bits per heavy atom. The first-order chi connectivity index (χ1) is 7.40. The molecular weight excluding hydrogens is 180 g/mol. The van der Waals surface area contributed by atoms with Gasteiger partial charge in [0.1, 0.15) is 0 Å². The highest BCUT2D eigenvalue weighted by molar-refractivity contribution is 5.01. The van der Waals surface area contributed by atoms with E-state index in [1.54, 1.807) is 0 Å². The van der Waals surface area contributed by atoms with E-state index >= 15 is 0 Å². The Morgan fingerprint density at radius 3 is 1.80 bits per heavy atom. The van der Waals surface area contributed by atoms with Gasteiger partial charge in [0.2, 0.25) is 0 Å². The summed E-state index contributed by atoms with van der Waals surface area (Å²) < 4.78 is 0. The second-order valence-electron chi connectivity index (χ2n) is 5.38. The quantitative estimate of drug-likeness (QED) is 0.555. The van der Waals surface area contributed by atoms with Gasteiger partial charge in [-0.2, -0.15) is 0 Å². The Bertz CT molecular complexity index is 220. The summed E-state index contributed by atoms with van der Waals surface area (Å²) in [5, 5.41) is 0. The van der Waals surface area contributed by atoms with Gasteiger partial charge in [-0.15, -0.1) is 11.8 Å². The Morgan fingerprint density at radius 2 is 1.33 bits per heavy atom. The maximum atomic E-state index is 3.32. The number of hydrogen-bond donors (Lipinski definition) is 0. The summed E-state index contributed by atoms with van der Waals surface area (Å²) in [6.07, 6.45) is 12.5. The summed E-state index contributed by atoms with van der Waals surface area (Å²) in [6, 6.07) is 0. The first kappa shape index (κ1) is 11.1. The predicted molar refractivity (Wildman–Crippen MR) is 65.5 cm³/mol. The van der Waals surface area contributed by atoms with Crippen LogP contribution in [-0.2, 0) is 0 Å². The Kier molecular flexibility index (Phi) is 4.12. The lowest BCUT2D eigenvalue weighted by atomic mass is 9.81. The summed E-state index contributed by atoms with van der Waals surface area (Å²) in [5.74, 6) is 9.68. The van der Waals surface area contributed by atoms with Crippen molar-refractivity contribution in [3.8, 4) is 11.8 Å². The van der Waals surface area contributed by atoms with E-state index in [0.29, 0.717) is 0 Å². The molecule has 0 saturated heterocycles. The molecular formula is C15H24. The molecule has 0 aromatic heterocycles. The lowest BCUT2D eigenvalue weighted by Crippen LogP contribution is -2.14. The molecule has 2 atom stereocenters. The molecule has 0 radical (unpaired) electrons. The predicted octanol–water partition coefficient (Wildman–Crippen LogP) is 4.40. The van der Waals surface area contributed by atoms with E-state index in [1.807, 2.05) is 0 Å². The van der Waals surface area contributed by atoms with Gasteiger partial charge in [-0.1, -0.05) is 26.2 Å². The summed E-state index contributed by atoms with van der Waals surface area (Å²) >= 11 is 0. The monoisotopic (exact) mass is 204 g/mol. The van der Waals surface area contributed by atoms with Gasteiger partial charge in [-0.05, 0) is 43.4 Å². The van der Waals surface area contributed by atoms with Crippen molar-refractivity contribution < 1.29 is 0 Å². The maximum absolute atomic E-state index is 3.32. The van der Waals surface area contributed by atoms with E-state index in [9.17, 15) is 0 Å². The van der Waals surface area contributed by atoms with Crippen LogP contribution in [0, 0.1) is 29.6 Å². The minimum atomic E-state index is 1.01. The third kappa shape index (κ3) is 3.00. The highest BCUT2D eigenvalue weighted by Crippen LogP contribution is 2.38. The summed E-state index contributed by atoms with van der Waals surface area (Å²) in [4.78, 5) is 0. The molecule has 2 aliphatic rings. The van der Waals surface area contributed by atoms with Crippen molar-refractivity contribution in [3.63, 3.8) is 0 Å².